The zero-order chi connectivity index (χ0) is 10.6. The van der Waals surface area contributed by atoms with Gasteiger partial charge in [-0.25, -0.2) is 0 Å². The van der Waals surface area contributed by atoms with Gasteiger partial charge in [0.05, 0.1) is 0 Å². The molecule has 2 heteroatoms. The summed E-state index contributed by atoms with van der Waals surface area (Å²) in [7, 11) is 0. The molecule has 1 atom stereocenters. The highest BCUT2D eigenvalue weighted by molar-refractivity contribution is 5.91. The second-order valence-corrected chi connectivity index (χ2v) is 4.47. The lowest BCUT2D eigenvalue weighted by atomic mass is 9.80. The number of hydrogen-bond acceptors (Lipinski definition) is 1. The van der Waals surface area contributed by atoms with Crippen molar-refractivity contribution in [1.82, 2.24) is 0 Å². The molecule has 14 heavy (non-hydrogen) atoms. The molecule has 0 radical (unpaired) electrons. The molecular formula is C12H21NO. The van der Waals surface area contributed by atoms with E-state index in [4.69, 9.17) is 5.73 Å². The Hall–Kier alpha value is -0.790. The Morgan fingerprint density at radius 1 is 1.36 bits per heavy atom. The lowest BCUT2D eigenvalue weighted by Crippen LogP contribution is -2.17. The molecule has 1 rings (SSSR count). The fourth-order valence-corrected chi connectivity index (χ4v) is 2.27. The lowest BCUT2D eigenvalue weighted by molar-refractivity contribution is -0.114. The van der Waals surface area contributed by atoms with Crippen LogP contribution in [0, 0.1) is 11.8 Å². The summed E-state index contributed by atoms with van der Waals surface area (Å²) >= 11 is 0. The summed E-state index contributed by atoms with van der Waals surface area (Å²) in [4.78, 5) is 10.9. The first-order valence-electron chi connectivity index (χ1n) is 5.59. The Labute approximate surface area is 86.6 Å². The molecule has 1 aliphatic carbocycles. The molecule has 1 aliphatic rings. The van der Waals surface area contributed by atoms with E-state index in [2.05, 4.69) is 6.92 Å². The number of rotatable bonds is 3. The van der Waals surface area contributed by atoms with E-state index in [-0.39, 0.29) is 5.91 Å². The third-order valence-electron chi connectivity index (χ3n) is 3.29. The average molecular weight is 195 g/mol. The first kappa shape index (κ1) is 11.3. The molecule has 0 spiro atoms. The number of nitrogens with two attached hydrogens (primary N) is 1. The first-order valence-corrected chi connectivity index (χ1v) is 5.59. The van der Waals surface area contributed by atoms with Crippen molar-refractivity contribution < 1.29 is 4.79 Å². The molecule has 0 bridgehead atoms. The van der Waals surface area contributed by atoms with Crippen molar-refractivity contribution in [3.63, 3.8) is 0 Å². The molecule has 0 unspecified atom stereocenters. The second kappa shape index (κ2) is 5.18. The van der Waals surface area contributed by atoms with Crippen LogP contribution in [0.2, 0.25) is 0 Å². The highest BCUT2D eigenvalue weighted by atomic mass is 16.1. The second-order valence-electron chi connectivity index (χ2n) is 4.47. The van der Waals surface area contributed by atoms with E-state index in [9.17, 15) is 4.79 Å². The van der Waals surface area contributed by atoms with E-state index in [0.29, 0.717) is 11.5 Å². The van der Waals surface area contributed by atoms with Crippen LogP contribution in [0.5, 0.6) is 0 Å². The highest BCUT2D eigenvalue weighted by Crippen LogP contribution is 2.30. The summed E-state index contributed by atoms with van der Waals surface area (Å²) in [6.45, 7) is 4.00. The zero-order valence-electron chi connectivity index (χ0n) is 9.25. The molecule has 2 N–H and O–H groups in total. The monoisotopic (exact) mass is 195 g/mol. The molecule has 80 valence electrons. The van der Waals surface area contributed by atoms with Gasteiger partial charge in [0.1, 0.15) is 0 Å². The van der Waals surface area contributed by atoms with E-state index >= 15 is 0 Å². The summed E-state index contributed by atoms with van der Waals surface area (Å²) < 4.78 is 0. The molecule has 0 aromatic rings. The molecule has 0 aromatic heterocycles. The summed E-state index contributed by atoms with van der Waals surface area (Å²) in [5, 5.41) is 0. The largest absolute Gasteiger partial charge is 0.366 e. The predicted octanol–water partition coefficient (Wildman–Crippen LogP) is 2.63. The number of carbonyl (C=O) groups excluding carboxylic acids is 1. The Balaban J connectivity index is 2.51. The van der Waals surface area contributed by atoms with Crippen molar-refractivity contribution in [2.45, 2.75) is 46.0 Å². The van der Waals surface area contributed by atoms with Gasteiger partial charge < -0.3 is 5.73 Å². The van der Waals surface area contributed by atoms with Crippen LogP contribution < -0.4 is 5.73 Å². The number of amides is 1. The quantitative estimate of drug-likeness (QED) is 0.691. The van der Waals surface area contributed by atoms with Gasteiger partial charge in [0, 0.05) is 5.57 Å². The maximum atomic E-state index is 10.9. The average Bonchev–Trinajstić information content (AvgIpc) is 2.19. The molecule has 0 heterocycles. The summed E-state index contributed by atoms with van der Waals surface area (Å²) in [6.07, 6.45) is 8.73. The Bertz CT molecular complexity index is 226. The number of hydrogen-bond donors (Lipinski definition) is 1. The molecule has 1 amide bonds. The Morgan fingerprint density at radius 2 is 1.93 bits per heavy atom. The van der Waals surface area contributed by atoms with Crippen molar-refractivity contribution in [2.24, 2.45) is 17.6 Å². The topological polar surface area (TPSA) is 43.1 Å². The van der Waals surface area contributed by atoms with Gasteiger partial charge in [-0.1, -0.05) is 32.3 Å². The highest BCUT2D eigenvalue weighted by Gasteiger charge is 2.18. The minimum absolute atomic E-state index is 0.285. The maximum Gasteiger partial charge on any atom is 0.244 e. The van der Waals surface area contributed by atoms with Crippen LogP contribution in [-0.4, -0.2) is 5.91 Å². The number of primary amides is 1. The van der Waals surface area contributed by atoms with Crippen LogP contribution >= 0.6 is 0 Å². The van der Waals surface area contributed by atoms with Crippen molar-refractivity contribution in [1.29, 1.82) is 0 Å². The van der Waals surface area contributed by atoms with E-state index in [1.165, 1.54) is 32.1 Å². The van der Waals surface area contributed by atoms with Crippen molar-refractivity contribution in [3.8, 4) is 0 Å². The van der Waals surface area contributed by atoms with Crippen LogP contribution in [0.25, 0.3) is 0 Å². The van der Waals surface area contributed by atoms with Gasteiger partial charge in [-0.15, -0.1) is 0 Å². The van der Waals surface area contributed by atoms with Crippen LogP contribution in [0.15, 0.2) is 11.6 Å². The van der Waals surface area contributed by atoms with Gasteiger partial charge in [0.2, 0.25) is 5.91 Å². The van der Waals surface area contributed by atoms with Gasteiger partial charge >= 0.3 is 0 Å². The van der Waals surface area contributed by atoms with E-state index in [0.717, 1.165) is 5.92 Å². The van der Waals surface area contributed by atoms with Crippen LogP contribution in [-0.2, 0) is 4.79 Å². The molecule has 0 saturated heterocycles. The third-order valence-corrected chi connectivity index (χ3v) is 3.29. The molecule has 2 nitrogen and oxygen atoms in total. The van der Waals surface area contributed by atoms with Gasteiger partial charge in [-0.2, -0.15) is 0 Å². The van der Waals surface area contributed by atoms with Crippen LogP contribution in [0.4, 0.5) is 0 Å². The third kappa shape index (κ3) is 3.17. The van der Waals surface area contributed by atoms with Gasteiger partial charge in [0.25, 0.3) is 0 Å². The summed E-state index contributed by atoms with van der Waals surface area (Å²) in [5.74, 6) is 0.980. The molecule has 0 aromatic carbocycles. The minimum Gasteiger partial charge on any atom is -0.366 e. The van der Waals surface area contributed by atoms with Gasteiger partial charge in [-0.3, -0.25) is 4.79 Å². The van der Waals surface area contributed by atoms with E-state index in [1.54, 1.807) is 0 Å². The van der Waals surface area contributed by atoms with E-state index < -0.39 is 0 Å². The summed E-state index contributed by atoms with van der Waals surface area (Å²) in [6, 6.07) is 0. The zero-order valence-corrected chi connectivity index (χ0v) is 9.25. The fourth-order valence-electron chi connectivity index (χ4n) is 2.27. The lowest BCUT2D eigenvalue weighted by Gasteiger charge is -2.25. The van der Waals surface area contributed by atoms with Crippen molar-refractivity contribution in [3.05, 3.63) is 11.6 Å². The van der Waals surface area contributed by atoms with Crippen molar-refractivity contribution in [2.75, 3.05) is 0 Å². The first-order chi connectivity index (χ1) is 6.61. The standard InChI is InChI=1S/C12H21NO/c1-9(8-10(2)12(13)14)11-6-4-3-5-7-11/h8-9,11H,3-7H2,1-2H3,(H2,13,14)/b10-8+/t9-/m1/s1. The van der Waals surface area contributed by atoms with Gasteiger partial charge in [0.15, 0.2) is 0 Å². The molecule has 0 aliphatic heterocycles. The van der Waals surface area contributed by atoms with Crippen LogP contribution in [0.3, 0.4) is 0 Å². The Kier molecular flexibility index (Phi) is 4.18. The minimum atomic E-state index is -0.285. The van der Waals surface area contributed by atoms with Crippen LogP contribution in [0.1, 0.15) is 46.0 Å². The SMILES string of the molecule is C/C(=C\[C@@H](C)C1CCCCC1)C(N)=O. The smallest absolute Gasteiger partial charge is 0.244 e. The van der Waals surface area contributed by atoms with Crippen molar-refractivity contribution >= 4 is 5.91 Å². The maximum absolute atomic E-state index is 10.9. The normalized spacial score (nSPS) is 22.0. The number of allylic oxidation sites excluding steroid dienone is 1. The molecule has 1 saturated carbocycles. The summed E-state index contributed by atoms with van der Waals surface area (Å²) in [5.41, 5.74) is 5.92. The Morgan fingerprint density at radius 3 is 2.43 bits per heavy atom. The molecular weight excluding hydrogens is 174 g/mol. The predicted molar refractivity (Wildman–Crippen MR) is 58.7 cm³/mol. The number of carbonyl (C=O) groups is 1. The fraction of sp³-hybridized carbons (Fsp3) is 0.750. The van der Waals surface area contributed by atoms with E-state index in [1.807, 2.05) is 13.0 Å². The molecule has 1 fully saturated rings. The van der Waals surface area contributed by atoms with Gasteiger partial charge in [-0.05, 0) is 31.6 Å².